The number of carbonyl (C=O) groups excluding carboxylic acids is 2. The highest BCUT2D eigenvalue weighted by Crippen LogP contribution is 2.38. The number of carbonyl (C=O) groups is 2. The van der Waals surface area contributed by atoms with Crippen LogP contribution in [-0.2, 0) is 14.3 Å². The van der Waals surface area contributed by atoms with Crippen molar-refractivity contribution in [1.29, 1.82) is 0 Å². The van der Waals surface area contributed by atoms with Gasteiger partial charge in [0.2, 0.25) is 5.91 Å². The molecule has 0 aliphatic carbocycles. The minimum absolute atomic E-state index is 0.201. The van der Waals surface area contributed by atoms with Gasteiger partial charge >= 0.3 is 5.97 Å². The van der Waals surface area contributed by atoms with Gasteiger partial charge in [0.1, 0.15) is 23.7 Å². The molecule has 0 fully saturated rings. The maximum Gasteiger partial charge on any atom is 0.337 e. The molecule has 2 aromatic heterocycles. The molecule has 1 amide bonds. The molecule has 10 nitrogen and oxygen atoms in total. The lowest BCUT2D eigenvalue weighted by molar-refractivity contribution is -0.120. The van der Waals surface area contributed by atoms with Gasteiger partial charge in [0, 0.05) is 47.0 Å². The largest absolute Gasteiger partial charge is 0.495 e. The van der Waals surface area contributed by atoms with Crippen LogP contribution in [0, 0.1) is 0 Å². The smallest absolute Gasteiger partial charge is 0.337 e. The Balaban J connectivity index is 1.73. The zero-order chi connectivity index (χ0) is 30.4. The van der Waals surface area contributed by atoms with E-state index in [4.69, 9.17) is 30.3 Å². The monoisotopic (exact) mass is 593 g/mol. The number of methoxy groups -OCH3 is 2. The normalized spacial score (nSPS) is 12.0. The summed E-state index contributed by atoms with van der Waals surface area (Å²) in [5.41, 5.74) is 2.24. The lowest BCUT2D eigenvalue weighted by atomic mass is 9.97. The van der Waals surface area contributed by atoms with Crippen molar-refractivity contribution in [2.45, 2.75) is 38.8 Å². The molecule has 0 spiro atoms. The minimum atomic E-state index is -0.947. The van der Waals surface area contributed by atoms with Crippen molar-refractivity contribution < 1.29 is 28.3 Å². The number of esters is 1. The molecule has 4 aromatic rings. The number of ether oxygens (including phenoxy) is 3. The number of rotatable bonds is 10. The average molecular weight is 594 g/mol. The van der Waals surface area contributed by atoms with E-state index >= 15 is 0 Å². The number of aromatic nitrogens is 2. The van der Waals surface area contributed by atoms with Crippen LogP contribution in [0.2, 0.25) is 5.02 Å². The lowest BCUT2D eigenvalue weighted by Crippen LogP contribution is -2.34. The van der Waals surface area contributed by atoms with Crippen LogP contribution in [0.4, 0.5) is 5.69 Å². The van der Waals surface area contributed by atoms with Crippen molar-refractivity contribution in [1.82, 2.24) is 9.72 Å². The van der Waals surface area contributed by atoms with Crippen LogP contribution >= 0.6 is 11.6 Å². The van der Waals surface area contributed by atoms with E-state index in [-0.39, 0.29) is 13.0 Å². The highest BCUT2D eigenvalue weighted by atomic mass is 35.5. The van der Waals surface area contributed by atoms with E-state index in [0.29, 0.717) is 44.4 Å². The third-order valence-electron chi connectivity index (χ3n) is 6.39. The molecule has 1 N–H and O–H groups in total. The lowest BCUT2D eigenvalue weighted by Gasteiger charge is -2.24. The Labute approximate surface area is 248 Å². The van der Waals surface area contributed by atoms with Gasteiger partial charge in [0.05, 0.1) is 31.6 Å². The molecule has 0 aliphatic heterocycles. The van der Waals surface area contributed by atoms with Crippen molar-refractivity contribution in [3.63, 3.8) is 0 Å². The predicted molar refractivity (Wildman–Crippen MR) is 159 cm³/mol. The second-order valence-electron chi connectivity index (χ2n) is 10.4. The average Bonchev–Trinajstić information content (AvgIpc) is 3.50. The first-order chi connectivity index (χ1) is 20.0. The highest BCUT2D eigenvalue weighted by molar-refractivity contribution is 6.31. The predicted octanol–water partition coefficient (Wildman–Crippen LogP) is 6.00. The van der Waals surface area contributed by atoms with Gasteiger partial charge in [-0.15, -0.1) is 0 Å². The molecule has 1 atom stereocenters. The Morgan fingerprint density at radius 2 is 1.76 bits per heavy atom. The van der Waals surface area contributed by atoms with Crippen LogP contribution in [0.1, 0.15) is 43.6 Å². The maximum atomic E-state index is 13.6. The molecular formula is C31H32ClN3O7. The summed E-state index contributed by atoms with van der Waals surface area (Å²) >= 11 is 6.33. The molecule has 0 saturated heterocycles. The molecule has 220 valence electrons. The van der Waals surface area contributed by atoms with Crippen molar-refractivity contribution >= 4 is 29.2 Å². The fourth-order valence-corrected chi connectivity index (χ4v) is 4.54. The van der Waals surface area contributed by atoms with E-state index in [9.17, 15) is 14.4 Å². The van der Waals surface area contributed by atoms with Gasteiger partial charge in [-0.25, -0.2) is 4.79 Å². The van der Waals surface area contributed by atoms with Gasteiger partial charge in [-0.05, 0) is 62.7 Å². The number of hydrogen-bond donors (Lipinski definition) is 1. The first-order valence-corrected chi connectivity index (χ1v) is 13.5. The first-order valence-electron chi connectivity index (χ1n) is 13.1. The molecule has 0 bridgehead atoms. The van der Waals surface area contributed by atoms with Gasteiger partial charge < -0.3 is 24.1 Å². The summed E-state index contributed by atoms with van der Waals surface area (Å²) in [5, 5.41) is 7.32. The Morgan fingerprint density at radius 3 is 2.38 bits per heavy atom. The molecule has 4 rings (SSSR count). The third kappa shape index (κ3) is 7.26. The number of anilines is 1. The summed E-state index contributed by atoms with van der Waals surface area (Å²) in [5.74, 6) is -0.588. The van der Waals surface area contributed by atoms with Crippen LogP contribution in [-0.4, -0.2) is 48.0 Å². The second kappa shape index (κ2) is 13.1. The summed E-state index contributed by atoms with van der Waals surface area (Å²) in [6.07, 6.45) is 3.16. The summed E-state index contributed by atoms with van der Waals surface area (Å²) < 4.78 is 22.7. The Morgan fingerprint density at radius 1 is 1.02 bits per heavy atom. The fraction of sp³-hybridized carbons (Fsp3) is 0.290. The molecule has 0 saturated carbocycles. The van der Waals surface area contributed by atoms with E-state index in [1.807, 2.05) is 20.8 Å². The van der Waals surface area contributed by atoms with Crippen molar-refractivity contribution in [3.05, 3.63) is 88.0 Å². The number of halogens is 1. The van der Waals surface area contributed by atoms with Crippen LogP contribution in [0.25, 0.3) is 22.4 Å². The second-order valence-corrected chi connectivity index (χ2v) is 10.8. The number of hydrogen-bond acceptors (Lipinski definition) is 8. The molecule has 1 unspecified atom stereocenters. The van der Waals surface area contributed by atoms with Crippen LogP contribution in [0.15, 0.2) is 76.4 Å². The van der Waals surface area contributed by atoms with Crippen molar-refractivity contribution in [2.24, 2.45) is 0 Å². The molecular weight excluding hydrogens is 562 g/mol. The van der Waals surface area contributed by atoms with E-state index in [0.717, 1.165) is 0 Å². The van der Waals surface area contributed by atoms with Crippen LogP contribution in [0.3, 0.4) is 0 Å². The van der Waals surface area contributed by atoms with Crippen LogP contribution in [0.5, 0.6) is 5.75 Å². The molecule has 2 heterocycles. The van der Waals surface area contributed by atoms with Crippen molar-refractivity contribution in [2.75, 3.05) is 26.1 Å². The van der Waals surface area contributed by atoms with E-state index in [1.54, 1.807) is 48.5 Å². The van der Waals surface area contributed by atoms with Gasteiger partial charge in [-0.1, -0.05) is 22.8 Å². The number of nitrogens with one attached hydrogen (secondary N) is 1. The summed E-state index contributed by atoms with van der Waals surface area (Å²) in [4.78, 5) is 39.0. The third-order valence-corrected chi connectivity index (χ3v) is 6.62. The highest BCUT2D eigenvalue weighted by Gasteiger charge is 2.26. The zero-order valence-corrected chi connectivity index (χ0v) is 24.7. The molecule has 0 radical (unpaired) electrons. The maximum absolute atomic E-state index is 13.6. The first kappa shape index (κ1) is 30.5. The van der Waals surface area contributed by atoms with Crippen molar-refractivity contribution in [3.8, 4) is 28.1 Å². The number of benzene rings is 2. The molecule has 2 aromatic carbocycles. The van der Waals surface area contributed by atoms with E-state index in [1.165, 1.54) is 37.3 Å². The zero-order valence-electron chi connectivity index (χ0n) is 24.0. The Kier molecular flexibility index (Phi) is 9.49. The van der Waals surface area contributed by atoms with E-state index < -0.39 is 29.1 Å². The van der Waals surface area contributed by atoms with Gasteiger partial charge in [-0.3, -0.25) is 14.2 Å². The quantitative estimate of drug-likeness (QED) is 0.222. The minimum Gasteiger partial charge on any atom is -0.495 e. The Bertz CT molecular complexity index is 1610. The SMILES string of the molecule is COC(=O)c1ccc(NC(=O)C(CCOC(C)(C)C)n2cc(OC)c(-c3cc(Cl)ccc3-c3ccon3)cc2=O)cc1. The number of pyridine rings is 1. The van der Waals surface area contributed by atoms with Gasteiger partial charge in [-0.2, -0.15) is 0 Å². The summed E-state index contributed by atoms with van der Waals surface area (Å²) in [6, 6.07) is 13.6. The molecule has 11 heteroatoms. The Hall–Kier alpha value is -4.41. The van der Waals surface area contributed by atoms with E-state index in [2.05, 4.69) is 10.5 Å². The fourth-order valence-electron chi connectivity index (χ4n) is 4.37. The topological polar surface area (TPSA) is 122 Å². The van der Waals surface area contributed by atoms with Crippen LogP contribution < -0.4 is 15.6 Å². The molecule has 42 heavy (non-hydrogen) atoms. The summed E-state index contributed by atoms with van der Waals surface area (Å²) in [6.45, 7) is 5.94. The molecule has 0 aliphatic rings. The number of nitrogens with zero attached hydrogens (tertiary/aromatic N) is 2. The summed E-state index contributed by atoms with van der Waals surface area (Å²) in [7, 11) is 2.77. The van der Waals surface area contributed by atoms with Gasteiger partial charge in [0.15, 0.2) is 0 Å². The van der Waals surface area contributed by atoms with Gasteiger partial charge in [0.25, 0.3) is 5.56 Å². The standard InChI is InChI=1S/C31H32ClN3O7/c1-31(2,3)41-14-13-26(29(37)33-21-9-6-19(7-10-21)30(38)40-5)35-18-27(39-4)24(17-28(35)36)23-16-20(32)8-11-22(23)25-12-15-42-34-25/h6-12,15-18,26H,13-14H2,1-5H3,(H,33,37). The number of amides is 1.